The largest absolute Gasteiger partial charge is 0.494 e. The number of ether oxygens (including phenoxy) is 2. The average molecular weight is 709 g/mol. The van der Waals surface area contributed by atoms with Crippen LogP contribution in [-0.4, -0.2) is 76.1 Å². The molecule has 0 unspecified atom stereocenters. The second-order valence-electron chi connectivity index (χ2n) is 12.3. The quantitative estimate of drug-likeness (QED) is 0.0718. The first-order valence-electron chi connectivity index (χ1n) is 16.5. The van der Waals surface area contributed by atoms with Gasteiger partial charge >= 0.3 is 0 Å². The first kappa shape index (κ1) is 36.7. The summed E-state index contributed by atoms with van der Waals surface area (Å²) in [5.74, 6) is 1.15. The molecule has 0 aliphatic rings. The number of para-hydroxylation sites is 5. The summed E-state index contributed by atoms with van der Waals surface area (Å²) in [6.45, 7) is 2.99. The highest BCUT2D eigenvalue weighted by atomic mass is 32.1. The van der Waals surface area contributed by atoms with Gasteiger partial charge in [0.1, 0.15) is 12.4 Å². The van der Waals surface area contributed by atoms with E-state index in [1.54, 1.807) is 36.4 Å². The highest BCUT2D eigenvalue weighted by Gasteiger charge is 2.16. The molecule has 11 nitrogen and oxygen atoms in total. The van der Waals surface area contributed by atoms with Crippen molar-refractivity contribution in [3.8, 4) is 11.5 Å². The van der Waals surface area contributed by atoms with E-state index in [4.69, 9.17) is 25.4 Å². The number of amides is 2. The molecule has 51 heavy (non-hydrogen) atoms. The molecule has 6 N–H and O–H groups in total. The zero-order valence-electron chi connectivity index (χ0n) is 29.3. The number of carbonyl (C=O) groups excluding carboxylic acids is 2. The van der Waals surface area contributed by atoms with E-state index in [-0.39, 0.29) is 17.6 Å². The molecular weight excluding hydrogens is 665 g/mol. The molecule has 0 aliphatic heterocycles. The molecule has 266 valence electrons. The third-order valence-corrected chi connectivity index (χ3v) is 8.79. The van der Waals surface area contributed by atoms with Crippen molar-refractivity contribution in [3.63, 3.8) is 0 Å². The number of nitrogen functional groups attached to an aromatic ring is 2. The van der Waals surface area contributed by atoms with E-state index < -0.39 is 0 Å². The molecule has 0 spiro atoms. The average Bonchev–Trinajstić information content (AvgIpc) is 3.74. The molecule has 0 fully saturated rings. The van der Waals surface area contributed by atoms with E-state index >= 15 is 0 Å². The number of rotatable bonds is 13. The number of hydrogen-bond acceptors (Lipinski definition) is 10. The Morgan fingerprint density at radius 3 is 2.04 bits per heavy atom. The molecular formula is C39H44N6O5S. The number of anilines is 4. The van der Waals surface area contributed by atoms with Gasteiger partial charge in [-0.25, -0.2) is 0 Å². The van der Waals surface area contributed by atoms with Crippen molar-refractivity contribution in [3.05, 3.63) is 108 Å². The molecule has 0 radical (unpaired) electrons. The van der Waals surface area contributed by atoms with Gasteiger partial charge in [-0.2, -0.15) is 0 Å². The smallest absolute Gasteiger partial charge is 0.291 e. The molecule has 2 amide bonds. The Balaban J connectivity index is 0.000000198. The van der Waals surface area contributed by atoms with Crippen LogP contribution >= 0.6 is 11.3 Å². The maximum atomic E-state index is 12.5. The van der Waals surface area contributed by atoms with E-state index in [1.165, 1.54) is 11.3 Å². The Kier molecular flexibility index (Phi) is 12.5. The minimum Gasteiger partial charge on any atom is -0.494 e. The van der Waals surface area contributed by atoms with Gasteiger partial charge in [0.15, 0.2) is 17.1 Å². The lowest BCUT2D eigenvalue weighted by atomic mass is 10.2. The SMILES string of the molecule is CN(C)CCCOc1ccc2sc(C(=O)Nc3ccccc3N)cc2c1.CN(C)CCOc1cccc2cc(C(=O)Nc3ccccc3N)oc12. The summed E-state index contributed by atoms with van der Waals surface area (Å²) in [5, 5.41) is 7.44. The van der Waals surface area contributed by atoms with Crippen LogP contribution in [0.2, 0.25) is 0 Å². The van der Waals surface area contributed by atoms with Gasteiger partial charge in [-0.05, 0) is 101 Å². The number of likely N-dealkylation sites (N-methyl/N-ethyl adjacent to an activating group) is 1. The normalized spacial score (nSPS) is 11.0. The van der Waals surface area contributed by atoms with Crippen molar-refractivity contribution in [1.29, 1.82) is 0 Å². The van der Waals surface area contributed by atoms with Crippen LogP contribution in [0.15, 0.2) is 101 Å². The lowest BCUT2D eigenvalue weighted by Crippen LogP contribution is -2.19. The van der Waals surface area contributed by atoms with Gasteiger partial charge in [0.25, 0.3) is 11.8 Å². The van der Waals surface area contributed by atoms with Crippen LogP contribution in [0, 0.1) is 0 Å². The van der Waals surface area contributed by atoms with Crippen LogP contribution in [0.5, 0.6) is 11.5 Å². The predicted octanol–water partition coefficient (Wildman–Crippen LogP) is 7.27. The Labute approximate surface area is 301 Å². The first-order chi connectivity index (χ1) is 24.6. The van der Waals surface area contributed by atoms with Gasteiger partial charge in [-0.3, -0.25) is 9.59 Å². The third kappa shape index (κ3) is 10.2. The molecule has 0 aliphatic carbocycles. The monoisotopic (exact) mass is 708 g/mol. The summed E-state index contributed by atoms with van der Waals surface area (Å²) < 4.78 is 18.4. The Morgan fingerprint density at radius 1 is 0.706 bits per heavy atom. The van der Waals surface area contributed by atoms with E-state index in [9.17, 15) is 9.59 Å². The zero-order valence-corrected chi connectivity index (χ0v) is 30.1. The highest BCUT2D eigenvalue weighted by molar-refractivity contribution is 7.20. The molecule has 4 aromatic carbocycles. The van der Waals surface area contributed by atoms with E-state index in [0.29, 0.717) is 52.2 Å². The Morgan fingerprint density at radius 2 is 1.37 bits per heavy atom. The second kappa shape index (κ2) is 17.4. The zero-order chi connectivity index (χ0) is 36.3. The van der Waals surface area contributed by atoms with Crippen LogP contribution in [0.3, 0.4) is 0 Å². The van der Waals surface area contributed by atoms with Crippen molar-refractivity contribution in [2.24, 2.45) is 0 Å². The van der Waals surface area contributed by atoms with Crippen molar-refractivity contribution in [2.75, 3.05) is 76.6 Å². The van der Waals surface area contributed by atoms with Gasteiger partial charge in [-0.1, -0.05) is 36.4 Å². The number of nitrogens with one attached hydrogen (secondary N) is 2. The van der Waals surface area contributed by atoms with Gasteiger partial charge in [0.05, 0.1) is 34.2 Å². The lowest BCUT2D eigenvalue weighted by Gasteiger charge is -2.11. The molecule has 2 heterocycles. The van der Waals surface area contributed by atoms with E-state index in [1.807, 2.05) is 93.8 Å². The molecule has 0 saturated carbocycles. The molecule has 2 aromatic heterocycles. The van der Waals surface area contributed by atoms with Gasteiger partial charge < -0.3 is 45.8 Å². The maximum absolute atomic E-state index is 12.5. The third-order valence-electron chi connectivity index (χ3n) is 7.68. The summed E-state index contributed by atoms with van der Waals surface area (Å²) in [6.07, 6.45) is 0.973. The topological polar surface area (TPSA) is 148 Å². The van der Waals surface area contributed by atoms with Gasteiger partial charge in [-0.15, -0.1) is 11.3 Å². The number of furan rings is 1. The fourth-order valence-corrected chi connectivity index (χ4v) is 5.92. The molecule has 12 heteroatoms. The second-order valence-corrected chi connectivity index (χ2v) is 13.4. The first-order valence-corrected chi connectivity index (χ1v) is 17.3. The number of fused-ring (bicyclic) bond motifs is 2. The van der Waals surface area contributed by atoms with Crippen LogP contribution in [-0.2, 0) is 0 Å². The Bertz CT molecular complexity index is 2090. The van der Waals surface area contributed by atoms with E-state index in [0.717, 1.165) is 40.7 Å². The van der Waals surface area contributed by atoms with Crippen molar-refractivity contribution in [2.45, 2.75) is 6.42 Å². The number of hydrogen-bond donors (Lipinski definition) is 4. The van der Waals surface area contributed by atoms with Gasteiger partial charge in [0.2, 0.25) is 0 Å². The number of carbonyl (C=O) groups is 2. The standard InChI is InChI=1S/C20H23N3O2S.C19H21N3O3/c1-23(2)10-5-11-25-15-8-9-18-14(12-15)13-19(26-18)20(24)22-17-7-4-3-6-16(17)21;1-22(2)10-11-24-16-9-5-6-13-12-17(25-18(13)16)19(23)21-15-8-4-3-7-14(15)20/h3-4,6-9,12-13H,5,10-11,21H2,1-2H3,(H,22,24);3-9,12H,10-11,20H2,1-2H3,(H,21,23). The minimum absolute atomic E-state index is 0.155. The van der Waals surface area contributed by atoms with Crippen LogP contribution in [0.25, 0.3) is 21.1 Å². The summed E-state index contributed by atoms with van der Waals surface area (Å²) in [7, 11) is 8.06. The summed E-state index contributed by atoms with van der Waals surface area (Å²) in [4.78, 5) is 29.8. The fourth-order valence-electron chi connectivity index (χ4n) is 4.98. The van der Waals surface area contributed by atoms with Crippen LogP contribution in [0.4, 0.5) is 22.7 Å². The van der Waals surface area contributed by atoms with Crippen LogP contribution < -0.4 is 31.6 Å². The van der Waals surface area contributed by atoms with Crippen molar-refractivity contribution in [1.82, 2.24) is 9.80 Å². The fraction of sp³-hybridized carbons (Fsp3) is 0.231. The molecule has 0 saturated heterocycles. The van der Waals surface area contributed by atoms with E-state index in [2.05, 4.69) is 15.5 Å². The molecule has 0 bridgehead atoms. The summed E-state index contributed by atoms with van der Waals surface area (Å²) >= 11 is 1.46. The van der Waals surface area contributed by atoms with Crippen molar-refractivity contribution < 1.29 is 23.5 Å². The number of thiophene rings is 1. The molecule has 0 atom stereocenters. The summed E-state index contributed by atoms with van der Waals surface area (Å²) in [5.41, 5.74) is 14.5. The maximum Gasteiger partial charge on any atom is 0.291 e. The van der Waals surface area contributed by atoms with Gasteiger partial charge in [0, 0.05) is 23.2 Å². The number of nitrogens with two attached hydrogens (primary N) is 2. The predicted molar refractivity (Wildman–Crippen MR) is 208 cm³/mol. The molecule has 6 rings (SSSR count). The number of benzene rings is 4. The van der Waals surface area contributed by atoms with Crippen molar-refractivity contribution >= 4 is 67.0 Å². The number of nitrogens with zero attached hydrogens (tertiary/aromatic N) is 2. The highest BCUT2D eigenvalue weighted by Crippen LogP contribution is 2.31. The van der Waals surface area contributed by atoms with Crippen LogP contribution in [0.1, 0.15) is 26.6 Å². The minimum atomic E-state index is -0.353. The lowest BCUT2D eigenvalue weighted by molar-refractivity contribution is 0.0996. The molecule has 6 aromatic rings. The Hall–Kier alpha value is -5.56. The summed E-state index contributed by atoms with van der Waals surface area (Å²) in [6, 6.07) is 29.4.